The van der Waals surface area contributed by atoms with Gasteiger partial charge in [-0.1, -0.05) is 0 Å². The number of carbonyl (C=O) groups excluding carboxylic acids is 1. The van der Waals surface area contributed by atoms with Crippen LogP contribution in [0.15, 0.2) is 47.7 Å². The standard InChI is InChI=1S/C13H11F3N4O/c14-13(15,16)9-3-5-10(6-4-9)20-7-1-2-11(20)8-18-19-12(17)21/h1-8H,(H3,17,19,21)/b18-8-. The van der Waals surface area contributed by atoms with Crippen LogP contribution in [0, 0.1) is 0 Å². The number of nitrogens with two attached hydrogens (primary N) is 1. The first-order valence-electron chi connectivity index (χ1n) is 5.81. The summed E-state index contributed by atoms with van der Waals surface area (Å²) in [7, 11) is 0. The molecule has 0 unspecified atom stereocenters. The molecule has 2 aromatic rings. The fourth-order valence-electron chi connectivity index (χ4n) is 1.71. The van der Waals surface area contributed by atoms with E-state index in [2.05, 4.69) is 5.10 Å². The molecule has 0 aliphatic rings. The summed E-state index contributed by atoms with van der Waals surface area (Å²) < 4.78 is 39.1. The highest BCUT2D eigenvalue weighted by atomic mass is 19.4. The van der Waals surface area contributed by atoms with Crippen molar-refractivity contribution in [2.45, 2.75) is 6.18 Å². The summed E-state index contributed by atoms with van der Waals surface area (Å²) in [4.78, 5) is 10.5. The molecule has 2 rings (SSSR count). The number of amides is 2. The lowest BCUT2D eigenvalue weighted by molar-refractivity contribution is -0.137. The molecule has 0 saturated carbocycles. The average molecular weight is 296 g/mol. The quantitative estimate of drug-likeness (QED) is 0.663. The fourth-order valence-corrected chi connectivity index (χ4v) is 1.71. The van der Waals surface area contributed by atoms with Crippen molar-refractivity contribution in [3.8, 4) is 5.69 Å². The molecule has 2 amide bonds. The average Bonchev–Trinajstić information content (AvgIpc) is 2.86. The van der Waals surface area contributed by atoms with Gasteiger partial charge in [0.05, 0.1) is 17.5 Å². The molecule has 0 fully saturated rings. The van der Waals surface area contributed by atoms with Crippen LogP contribution in [0.1, 0.15) is 11.3 Å². The molecule has 0 bridgehead atoms. The molecule has 5 nitrogen and oxygen atoms in total. The van der Waals surface area contributed by atoms with Crippen molar-refractivity contribution < 1.29 is 18.0 Å². The Morgan fingerprint density at radius 2 is 1.90 bits per heavy atom. The number of alkyl halides is 3. The number of halogens is 3. The van der Waals surface area contributed by atoms with Crippen LogP contribution >= 0.6 is 0 Å². The number of nitrogens with zero attached hydrogens (tertiary/aromatic N) is 2. The molecule has 0 aliphatic carbocycles. The molecular weight excluding hydrogens is 285 g/mol. The maximum Gasteiger partial charge on any atom is 0.416 e. The van der Waals surface area contributed by atoms with Gasteiger partial charge in [0.2, 0.25) is 0 Å². The summed E-state index contributed by atoms with van der Waals surface area (Å²) in [5.74, 6) is 0. The van der Waals surface area contributed by atoms with E-state index >= 15 is 0 Å². The molecule has 21 heavy (non-hydrogen) atoms. The number of primary amides is 1. The van der Waals surface area contributed by atoms with Crippen molar-refractivity contribution in [3.63, 3.8) is 0 Å². The maximum atomic E-state index is 12.5. The van der Waals surface area contributed by atoms with Gasteiger partial charge < -0.3 is 10.3 Å². The Kier molecular flexibility index (Phi) is 3.97. The molecule has 110 valence electrons. The van der Waals surface area contributed by atoms with Crippen LogP contribution in [-0.4, -0.2) is 16.8 Å². The topological polar surface area (TPSA) is 72.4 Å². The third kappa shape index (κ3) is 3.62. The van der Waals surface area contributed by atoms with Crippen molar-refractivity contribution in [2.75, 3.05) is 0 Å². The van der Waals surface area contributed by atoms with E-state index in [4.69, 9.17) is 5.73 Å². The summed E-state index contributed by atoms with van der Waals surface area (Å²) in [6.07, 6.45) is -1.37. The van der Waals surface area contributed by atoms with Gasteiger partial charge in [0, 0.05) is 11.9 Å². The van der Waals surface area contributed by atoms with Crippen LogP contribution < -0.4 is 11.2 Å². The van der Waals surface area contributed by atoms with Crippen molar-refractivity contribution >= 4 is 12.2 Å². The number of aromatic nitrogens is 1. The Bertz CT molecular complexity index is 659. The molecule has 1 aromatic carbocycles. The van der Waals surface area contributed by atoms with E-state index in [9.17, 15) is 18.0 Å². The smallest absolute Gasteiger partial charge is 0.350 e. The Hall–Kier alpha value is -2.77. The Morgan fingerprint density at radius 1 is 1.24 bits per heavy atom. The van der Waals surface area contributed by atoms with Crippen LogP contribution in [0.5, 0.6) is 0 Å². The second-order valence-electron chi connectivity index (χ2n) is 4.08. The number of hydrazone groups is 1. The highest BCUT2D eigenvalue weighted by Crippen LogP contribution is 2.29. The van der Waals surface area contributed by atoms with Crippen LogP contribution in [0.2, 0.25) is 0 Å². The number of rotatable bonds is 3. The first kappa shape index (κ1) is 14.6. The lowest BCUT2D eigenvalue weighted by atomic mass is 10.2. The molecule has 0 atom stereocenters. The zero-order chi connectivity index (χ0) is 15.5. The van der Waals surface area contributed by atoms with E-state index in [1.807, 2.05) is 5.43 Å². The predicted octanol–water partition coefficient (Wildman–Crippen LogP) is 2.50. The van der Waals surface area contributed by atoms with Gasteiger partial charge in [-0.05, 0) is 36.4 Å². The van der Waals surface area contributed by atoms with Gasteiger partial charge >= 0.3 is 12.2 Å². The van der Waals surface area contributed by atoms with Gasteiger partial charge in [-0.2, -0.15) is 18.3 Å². The van der Waals surface area contributed by atoms with Gasteiger partial charge in [0.15, 0.2) is 0 Å². The number of hydrogen-bond donors (Lipinski definition) is 2. The molecule has 0 aliphatic heterocycles. The zero-order valence-corrected chi connectivity index (χ0v) is 10.6. The van der Waals surface area contributed by atoms with E-state index in [1.165, 1.54) is 18.3 Å². The third-order valence-corrected chi connectivity index (χ3v) is 2.62. The van der Waals surface area contributed by atoms with Crippen LogP contribution in [0.3, 0.4) is 0 Å². The second kappa shape index (κ2) is 5.70. The minimum atomic E-state index is -4.37. The lowest BCUT2D eigenvalue weighted by Gasteiger charge is -2.09. The van der Waals surface area contributed by atoms with Crippen LogP contribution in [0.4, 0.5) is 18.0 Å². The van der Waals surface area contributed by atoms with E-state index < -0.39 is 17.8 Å². The van der Waals surface area contributed by atoms with E-state index in [0.29, 0.717) is 11.4 Å². The molecule has 1 aromatic heterocycles. The lowest BCUT2D eigenvalue weighted by Crippen LogP contribution is -2.24. The predicted molar refractivity (Wildman–Crippen MR) is 71.1 cm³/mol. The Balaban J connectivity index is 2.25. The molecule has 0 spiro atoms. The second-order valence-corrected chi connectivity index (χ2v) is 4.08. The van der Waals surface area contributed by atoms with E-state index in [0.717, 1.165) is 12.1 Å². The molecule has 8 heteroatoms. The summed E-state index contributed by atoms with van der Waals surface area (Å²) in [6.45, 7) is 0. The summed E-state index contributed by atoms with van der Waals surface area (Å²) in [5, 5.41) is 3.61. The molecule has 0 saturated heterocycles. The van der Waals surface area contributed by atoms with E-state index in [1.54, 1.807) is 22.9 Å². The molecular formula is C13H11F3N4O. The highest BCUT2D eigenvalue weighted by molar-refractivity contribution is 5.80. The van der Waals surface area contributed by atoms with Gasteiger partial charge in [-0.25, -0.2) is 10.2 Å². The van der Waals surface area contributed by atoms with Gasteiger partial charge in [-0.15, -0.1) is 0 Å². The number of nitrogens with one attached hydrogen (secondary N) is 1. The van der Waals surface area contributed by atoms with Crippen molar-refractivity contribution in [1.29, 1.82) is 0 Å². The fraction of sp³-hybridized carbons (Fsp3) is 0.0769. The Labute approximate surface area is 117 Å². The highest BCUT2D eigenvalue weighted by Gasteiger charge is 2.29. The SMILES string of the molecule is NC(=O)N/N=C\c1cccn1-c1ccc(C(F)(F)F)cc1. The molecule has 0 radical (unpaired) electrons. The van der Waals surface area contributed by atoms with Gasteiger partial charge in [-0.3, -0.25) is 0 Å². The largest absolute Gasteiger partial charge is 0.416 e. The molecule has 3 N–H and O–H groups in total. The summed E-state index contributed by atoms with van der Waals surface area (Å²) in [6, 6.07) is 7.27. The van der Waals surface area contributed by atoms with Crippen molar-refractivity contribution in [1.82, 2.24) is 9.99 Å². The van der Waals surface area contributed by atoms with Crippen molar-refractivity contribution in [3.05, 3.63) is 53.9 Å². The van der Waals surface area contributed by atoms with Crippen LogP contribution in [-0.2, 0) is 6.18 Å². The monoisotopic (exact) mass is 296 g/mol. The first-order chi connectivity index (χ1) is 9.88. The van der Waals surface area contributed by atoms with Gasteiger partial charge in [0.25, 0.3) is 0 Å². The number of hydrogen-bond acceptors (Lipinski definition) is 2. The number of carbonyl (C=O) groups is 1. The number of benzene rings is 1. The Morgan fingerprint density at radius 3 is 2.48 bits per heavy atom. The molecule has 1 heterocycles. The van der Waals surface area contributed by atoms with Crippen LogP contribution in [0.25, 0.3) is 5.69 Å². The summed E-state index contributed by atoms with van der Waals surface area (Å²) >= 11 is 0. The van der Waals surface area contributed by atoms with Gasteiger partial charge in [0.1, 0.15) is 0 Å². The van der Waals surface area contributed by atoms with E-state index in [-0.39, 0.29) is 0 Å². The summed E-state index contributed by atoms with van der Waals surface area (Å²) in [5.41, 5.74) is 7.29. The third-order valence-electron chi connectivity index (χ3n) is 2.62. The zero-order valence-electron chi connectivity index (χ0n) is 10.6. The minimum absolute atomic E-state index is 0.536. The van der Waals surface area contributed by atoms with Crippen molar-refractivity contribution in [2.24, 2.45) is 10.8 Å². The normalized spacial score (nSPS) is 11.8. The first-order valence-corrected chi connectivity index (χ1v) is 5.81. The minimum Gasteiger partial charge on any atom is -0.350 e. The number of urea groups is 1. The maximum absolute atomic E-state index is 12.5.